The third-order valence-corrected chi connectivity index (χ3v) is 4.41. The lowest BCUT2D eigenvalue weighted by atomic mass is 10.2. The normalized spacial score (nSPS) is 12.0. The molecule has 7 heteroatoms. The number of anilines is 4. The van der Waals surface area contributed by atoms with Crippen LogP contribution in [0.3, 0.4) is 0 Å². The fraction of sp³-hybridized carbons (Fsp3) is 0. The Morgan fingerprint density at radius 2 is 1.10 bits per heavy atom. The van der Waals surface area contributed by atoms with E-state index in [-0.39, 0.29) is 0 Å². The summed E-state index contributed by atoms with van der Waals surface area (Å²) in [7, 11) is 0. The van der Waals surface area contributed by atoms with Gasteiger partial charge in [-0.15, -0.1) is 0 Å². The average molecular weight is 384 g/mol. The molecule has 2 aliphatic rings. The summed E-state index contributed by atoms with van der Waals surface area (Å²) in [5.41, 5.74) is 2.47. The summed E-state index contributed by atoms with van der Waals surface area (Å²) in [6.45, 7) is 0. The molecule has 29 heavy (non-hydrogen) atoms. The van der Waals surface area contributed by atoms with Gasteiger partial charge in [-0.2, -0.15) is 4.98 Å². The summed E-state index contributed by atoms with van der Waals surface area (Å²) >= 11 is 0. The van der Waals surface area contributed by atoms with Crippen LogP contribution in [0.2, 0.25) is 0 Å². The van der Waals surface area contributed by atoms with E-state index >= 15 is 0 Å². The van der Waals surface area contributed by atoms with Crippen LogP contribution in [-0.2, 0) is 0 Å². The molecule has 2 aliphatic heterocycles. The summed E-state index contributed by atoms with van der Waals surface area (Å²) in [5, 5.41) is 6.38. The number of H-pyrrole nitrogens is 1. The highest BCUT2D eigenvalue weighted by Gasteiger charge is 2.16. The van der Waals surface area contributed by atoms with Crippen LogP contribution in [0, 0.1) is 0 Å². The summed E-state index contributed by atoms with van der Waals surface area (Å²) in [6, 6.07) is 23.3. The molecule has 0 atom stereocenters. The third-order valence-electron chi connectivity index (χ3n) is 4.41. The number of aromatic amines is 1. The van der Waals surface area contributed by atoms with Gasteiger partial charge in [-0.1, -0.05) is 36.4 Å². The van der Waals surface area contributed by atoms with E-state index < -0.39 is 5.69 Å². The molecule has 3 N–H and O–H groups in total. The second kappa shape index (κ2) is 7.05. The molecular weight excluding hydrogens is 368 g/mol. The van der Waals surface area contributed by atoms with Gasteiger partial charge in [-0.3, -0.25) is 4.98 Å². The number of para-hydroxylation sites is 6. The molecule has 0 aliphatic carbocycles. The zero-order valence-electron chi connectivity index (χ0n) is 15.2. The second-order valence-electron chi connectivity index (χ2n) is 6.37. The Morgan fingerprint density at radius 1 is 0.621 bits per heavy atom. The maximum Gasteiger partial charge on any atom is 0.346 e. The fourth-order valence-electron chi connectivity index (χ4n) is 3.05. The standard InChI is InChI=1S/C12H9NO.C10H7N3O2/c1-3-7-11-9(5-1)13-10-6-2-4-8-12(10)14-11;14-10-11-5-8-9(13-10)12-6-3-1-2-4-7(6)15-8/h1-8,13H;1-5H,(H2,11,12,13,14). The first kappa shape index (κ1) is 16.9. The molecule has 3 heterocycles. The lowest BCUT2D eigenvalue weighted by Crippen LogP contribution is -2.14. The van der Waals surface area contributed by atoms with Crippen molar-refractivity contribution in [3.8, 4) is 23.0 Å². The lowest BCUT2D eigenvalue weighted by Gasteiger charge is -2.20. The van der Waals surface area contributed by atoms with Gasteiger partial charge in [0, 0.05) is 0 Å². The largest absolute Gasteiger partial charge is 0.453 e. The molecule has 142 valence electrons. The number of hydrogen-bond donors (Lipinski definition) is 3. The quantitative estimate of drug-likeness (QED) is 0.335. The van der Waals surface area contributed by atoms with Crippen molar-refractivity contribution >= 4 is 22.9 Å². The molecule has 0 saturated heterocycles. The van der Waals surface area contributed by atoms with Crippen molar-refractivity contribution in [2.45, 2.75) is 0 Å². The summed E-state index contributed by atoms with van der Waals surface area (Å²) in [4.78, 5) is 17.1. The predicted molar refractivity (Wildman–Crippen MR) is 111 cm³/mol. The highest BCUT2D eigenvalue weighted by molar-refractivity contribution is 5.75. The number of nitrogens with zero attached hydrogens (tertiary/aromatic N) is 1. The highest BCUT2D eigenvalue weighted by atomic mass is 16.5. The Morgan fingerprint density at radius 3 is 1.69 bits per heavy atom. The van der Waals surface area contributed by atoms with Gasteiger partial charge in [-0.25, -0.2) is 4.79 Å². The molecule has 0 saturated carbocycles. The van der Waals surface area contributed by atoms with E-state index in [1.54, 1.807) is 0 Å². The van der Waals surface area contributed by atoms with Crippen molar-refractivity contribution in [2.24, 2.45) is 0 Å². The Hall–Kier alpha value is -4.26. The monoisotopic (exact) mass is 384 g/mol. The fourth-order valence-corrected chi connectivity index (χ4v) is 3.05. The Balaban J connectivity index is 0.000000125. The van der Waals surface area contributed by atoms with Gasteiger partial charge in [0.2, 0.25) is 0 Å². The third kappa shape index (κ3) is 3.37. The van der Waals surface area contributed by atoms with Crippen LogP contribution in [0.25, 0.3) is 0 Å². The van der Waals surface area contributed by atoms with E-state index in [2.05, 4.69) is 20.6 Å². The van der Waals surface area contributed by atoms with Crippen LogP contribution >= 0.6 is 0 Å². The van der Waals surface area contributed by atoms with Crippen molar-refractivity contribution in [2.75, 3.05) is 10.6 Å². The van der Waals surface area contributed by atoms with Crippen LogP contribution in [-0.4, -0.2) is 9.97 Å². The van der Waals surface area contributed by atoms with Gasteiger partial charge in [-0.05, 0) is 36.4 Å². The number of aromatic nitrogens is 2. The molecule has 0 spiro atoms. The highest BCUT2D eigenvalue weighted by Crippen LogP contribution is 2.41. The molecule has 3 aromatic carbocycles. The Bertz CT molecular complexity index is 1170. The molecule has 0 amide bonds. The van der Waals surface area contributed by atoms with E-state index in [9.17, 15) is 4.79 Å². The van der Waals surface area contributed by atoms with Gasteiger partial charge in [0.1, 0.15) is 0 Å². The van der Waals surface area contributed by atoms with Gasteiger partial charge >= 0.3 is 5.69 Å². The Labute approximate surface area is 166 Å². The zero-order chi connectivity index (χ0) is 19.6. The minimum atomic E-state index is -0.399. The van der Waals surface area contributed by atoms with E-state index in [0.29, 0.717) is 11.6 Å². The SMILES string of the molecule is O=c1ncc2c([nH]1)Nc1ccccc1O2.c1ccc2c(c1)Nc1ccccc1O2. The van der Waals surface area contributed by atoms with Gasteiger partial charge in [0.15, 0.2) is 28.8 Å². The number of fused-ring (bicyclic) bond motifs is 4. The summed E-state index contributed by atoms with van der Waals surface area (Å²) in [5.74, 6) is 3.54. The molecule has 7 nitrogen and oxygen atoms in total. The van der Waals surface area contributed by atoms with Crippen LogP contribution in [0.4, 0.5) is 22.9 Å². The zero-order valence-corrected chi connectivity index (χ0v) is 15.2. The van der Waals surface area contributed by atoms with Gasteiger partial charge < -0.3 is 20.1 Å². The first-order valence-electron chi connectivity index (χ1n) is 9.02. The van der Waals surface area contributed by atoms with Crippen LogP contribution in [0.1, 0.15) is 0 Å². The number of ether oxygens (including phenoxy) is 2. The van der Waals surface area contributed by atoms with Crippen LogP contribution < -0.4 is 25.8 Å². The summed E-state index contributed by atoms with van der Waals surface area (Å²) in [6.07, 6.45) is 1.40. The molecule has 0 fully saturated rings. The summed E-state index contributed by atoms with van der Waals surface area (Å²) < 4.78 is 11.3. The first-order chi connectivity index (χ1) is 14.3. The number of benzene rings is 3. The predicted octanol–water partition coefficient (Wildman–Crippen LogP) is 5.16. The number of nitrogens with one attached hydrogen (secondary N) is 3. The average Bonchev–Trinajstić information content (AvgIpc) is 2.76. The molecule has 1 aromatic heterocycles. The minimum Gasteiger partial charge on any atom is -0.453 e. The van der Waals surface area contributed by atoms with Crippen LogP contribution in [0.15, 0.2) is 83.8 Å². The van der Waals surface area contributed by atoms with Crippen molar-refractivity contribution in [1.82, 2.24) is 9.97 Å². The maximum atomic E-state index is 11.0. The van der Waals surface area contributed by atoms with E-state index in [1.165, 1.54) is 6.20 Å². The first-order valence-corrected chi connectivity index (χ1v) is 9.02. The molecular formula is C22H16N4O3. The number of rotatable bonds is 0. The Kier molecular flexibility index (Phi) is 4.10. The van der Waals surface area contributed by atoms with Gasteiger partial charge in [0.05, 0.1) is 23.3 Å². The molecule has 4 aromatic rings. The molecule has 0 radical (unpaired) electrons. The number of hydrogen-bond acceptors (Lipinski definition) is 6. The molecule has 0 bridgehead atoms. The van der Waals surface area contributed by atoms with Crippen molar-refractivity contribution in [1.29, 1.82) is 0 Å². The lowest BCUT2D eigenvalue weighted by molar-refractivity contribution is 0.475. The van der Waals surface area contributed by atoms with E-state index in [1.807, 2.05) is 72.8 Å². The van der Waals surface area contributed by atoms with Crippen LogP contribution in [0.5, 0.6) is 23.0 Å². The minimum absolute atomic E-state index is 0.399. The molecule has 6 rings (SSSR count). The van der Waals surface area contributed by atoms with E-state index in [0.717, 1.165) is 34.3 Å². The maximum absolute atomic E-state index is 11.0. The van der Waals surface area contributed by atoms with Gasteiger partial charge in [0.25, 0.3) is 0 Å². The smallest absolute Gasteiger partial charge is 0.346 e. The van der Waals surface area contributed by atoms with Crippen molar-refractivity contribution in [3.05, 3.63) is 89.5 Å². The topological polar surface area (TPSA) is 88.3 Å². The molecule has 0 unspecified atom stereocenters. The van der Waals surface area contributed by atoms with Crippen molar-refractivity contribution < 1.29 is 9.47 Å². The van der Waals surface area contributed by atoms with Crippen molar-refractivity contribution in [3.63, 3.8) is 0 Å². The van der Waals surface area contributed by atoms with E-state index in [4.69, 9.17) is 9.47 Å². The second-order valence-corrected chi connectivity index (χ2v) is 6.37.